The Bertz CT molecular complexity index is 1730. The molecule has 2 N–H and O–H groups in total. The van der Waals surface area contributed by atoms with Crippen molar-refractivity contribution >= 4 is 35.7 Å². The molecule has 0 unspecified atom stereocenters. The summed E-state index contributed by atoms with van der Waals surface area (Å²) in [4.78, 5) is 71.9. The summed E-state index contributed by atoms with van der Waals surface area (Å²) in [7, 11) is 0. The summed E-state index contributed by atoms with van der Waals surface area (Å²) in [5, 5.41) is 18.3. The van der Waals surface area contributed by atoms with Crippen LogP contribution in [-0.4, -0.2) is 77.7 Å². The molecule has 0 bridgehead atoms. The summed E-state index contributed by atoms with van der Waals surface area (Å²) >= 11 is 0. The summed E-state index contributed by atoms with van der Waals surface area (Å²) in [6.45, 7) is 1.09. The third-order valence-corrected chi connectivity index (χ3v) is 7.73. The van der Waals surface area contributed by atoms with Crippen LogP contribution in [0.3, 0.4) is 0 Å². The molecule has 5 heterocycles. The van der Waals surface area contributed by atoms with Gasteiger partial charge >= 0.3 is 18.2 Å². The number of hydrogen-bond donors (Lipinski definition) is 2. The molecule has 14 nitrogen and oxygen atoms in total. The summed E-state index contributed by atoms with van der Waals surface area (Å²) < 4.78 is 4.55. The van der Waals surface area contributed by atoms with Gasteiger partial charge in [0.15, 0.2) is 0 Å². The van der Waals surface area contributed by atoms with Crippen molar-refractivity contribution in [2.45, 2.75) is 24.9 Å². The predicted molar refractivity (Wildman–Crippen MR) is 154 cm³/mol. The second kappa shape index (κ2) is 11.5. The van der Waals surface area contributed by atoms with Crippen molar-refractivity contribution in [3.8, 4) is 17.0 Å². The molecule has 2 fully saturated rings. The minimum atomic E-state index is -1.46. The normalized spacial score (nSPS) is 16.4. The number of rotatable bonds is 7. The highest BCUT2D eigenvalue weighted by Crippen LogP contribution is 2.41. The molecule has 3 aromatic heterocycles. The number of carbonyl (C=O) groups is 4. The number of piperidine rings is 1. The molecule has 2 aliphatic heterocycles. The van der Waals surface area contributed by atoms with Gasteiger partial charge in [0.1, 0.15) is 5.54 Å². The van der Waals surface area contributed by atoms with Gasteiger partial charge in [0.2, 0.25) is 11.8 Å². The molecule has 4 aromatic rings. The van der Waals surface area contributed by atoms with Crippen LogP contribution in [0.25, 0.3) is 11.1 Å². The Hall–Kier alpha value is -5.76. The highest BCUT2D eigenvalue weighted by molar-refractivity contribution is 6.30. The summed E-state index contributed by atoms with van der Waals surface area (Å²) in [6, 6.07) is 14.0. The van der Waals surface area contributed by atoms with Crippen molar-refractivity contribution in [1.82, 2.24) is 24.8 Å². The maximum absolute atomic E-state index is 14.2. The van der Waals surface area contributed by atoms with Crippen LogP contribution in [0.1, 0.15) is 28.9 Å². The van der Waals surface area contributed by atoms with E-state index in [1.165, 1.54) is 35.6 Å². The summed E-state index contributed by atoms with van der Waals surface area (Å²) in [5.41, 5.74) is 1.07. The van der Waals surface area contributed by atoms with E-state index in [9.17, 15) is 24.3 Å². The number of ether oxygens (including phenoxy) is 1. The Kier molecular flexibility index (Phi) is 7.41. The number of nitrogens with zero attached hydrogens (tertiary/aromatic N) is 7. The standard InChI is InChI=1S/C30H25N7O7/c38-25(39)22-3-1-12-31-23(22)18-35-15-10-30(11-16-35)26(40)36(28(41)37(30)27-32-13-2-14-33-27)21-7-4-19(5-8-21)20-6-9-24(34-17-20)44-29(42)43/h1-9,12-14,17H,10-11,15-16,18H2,(H,38,39)(H,42,43). The van der Waals surface area contributed by atoms with Gasteiger partial charge in [-0.05, 0) is 54.8 Å². The van der Waals surface area contributed by atoms with E-state index in [1.54, 1.807) is 48.7 Å². The van der Waals surface area contributed by atoms with Gasteiger partial charge in [0.05, 0.1) is 16.9 Å². The number of benzene rings is 1. The smallest absolute Gasteiger partial charge is 0.478 e. The molecule has 2 saturated heterocycles. The van der Waals surface area contributed by atoms with Crippen LogP contribution in [0.15, 0.2) is 79.4 Å². The van der Waals surface area contributed by atoms with Crippen molar-refractivity contribution in [3.63, 3.8) is 0 Å². The number of pyridine rings is 2. The lowest BCUT2D eigenvalue weighted by molar-refractivity contribution is -0.123. The van der Waals surface area contributed by atoms with E-state index in [4.69, 9.17) is 5.11 Å². The number of carbonyl (C=O) groups excluding carboxylic acids is 2. The number of carboxylic acid groups (broad SMARTS) is 2. The van der Waals surface area contributed by atoms with E-state index < -0.39 is 29.6 Å². The van der Waals surface area contributed by atoms with Crippen LogP contribution >= 0.6 is 0 Å². The molecule has 6 rings (SSSR count). The topological polar surface area (TPSA) is 179 Å². The highest BCUT2D eigenvalue weighted by Gasteiger charge is 2.60. The van der Waals surface area contributed by atoms with Crippen LogP contribution in [0.2, 0.25) is 0 Å². The average molecular weight is 596 g/mol. The molecule has 44 heavy (non-hydrogen) atoms. The van der Waals surface area contributed by atoms with Gasteiger partial charge < -0.3 is 14.9 Å². The minimum absolute atomic E-state index is 0.0620. The molecule has 14 heteroatoms. The van der Waals surface area contributed by atoms with Gasteiger partial charge in [-0.2, -0.15) is 0 Å². The first-order valence-corrected chi connectivity index (χ1v) is 13.6. The van der Waals surface area contributed by atoms with Crippen molar-refractivity contribution in [2.24, 2.45) is 0 Å². The van der Waals surface area contributed by atoms with Gasteiger partial charge in [-0.15, -0.1) is 0 Å². The zero-order valence-corrected chi connectivity index (χ0v) is 23.1. The number of carboxylic acids is 1. The van der Waals surface area contributed by atoms with E-state index >= 15 is 0 Å². The lowest BCUT2D eigenvalue weighted by Crippen LogP contribution is -2.57. The lowest BCUT2D eigenvalue weighted by Gasteiger charge is -2.41. The third-order valence-electron chi connectivity index (χ3n) is 7.73. The second-order valence-electron chi connectivity index (χ2n) is 10.2. The van der Waals surface area contributed by atoms with Gasteiger partial charge in [-0.3, -0.25) is 14.7 Å². The first-order chi connectivity index (χ1) is 21.3. The maximum Gasteiger partial charge on any atom is 0.512 e. The van der Waals surface area contributed by atoms with Crippen LogP contribution in [-0.2, 0) is 11.3 Å². The molecule has 0 aliphatic carbocycles. The first kappa shape index (κ1) is 28.4. The number of amides is 3. The average Bonchev–Trinajstić information content (AvgIpc) is 3.24. The summed E-state index contributed by atoms with van der Waals surface area (Å²) in [6.07, 6.45) is 5.11. The molecule has 3 amide bonds. The van der Waals surface area contributed by atoms with E-state index in [2.05, 4.69) is 24.7 Å². The quantitative estimate of drug-likeness (QED) is 0.234. The van der Waals surface area contributed by atoms with E-state index in [1.807, 2.05) is 4.90 Å². The SMILES string of the molecule is O=C(O)Oc1ccc(-c2ccc(N3C(=O)N(c4ncccn4)C4(CCN(Cc5ncccc5C(=O)O)CC4)C3=O)cc2)cn1. The van der Waals surface area contributed by atoms with Crippen molar-refractivity contribution < 1.29 is 34.1 Å². The third kappa shape index (κ3) is 5.18. The Morgan fingerprint density at radius 2 is 1.52 bits per heavy atom. The van der Waals surface area contributed by atoms with Gasteiger partial charge in [-0.1, -0.05) is 12.1 Å². The molecule has 1 aromatic carbocycles. The monoisotopic (exact) mass is 595 g/mol. The Labute approximate surface area is 250 Å². The molecule has 0 radical (unpaired) electrons. The number of hydrogen-bond acceptors (Lipinski definition) is 10. The second-order valence-corrected chi connectivity index (χ2v) is 10.2. The fourth-order valence-corrected chi connectivity index (χ4v) is 5.58. The number of anilines is 2. The van der Waals surface area contributed by atoms with Gasteiger partial charge in [0, 0.05) is 56.1 Å². The largest absolute Gasteiger partial charge is 0.512 e. The van der Waals surface area contributed by atoms with E-state index in [-0.39, 0.29) is 36.8 Å². The minimum Gasteiger partial charge on any atom is -0.478 e. The van der Waals surface area contributed by atoms with Crippen LogP contribution < -0.4 is 14.5 Å². The van der Waals surface area contributed by atoms with Crippen molar-refractivity contribution in [2.75, 3.05) is 22.9 Å². The van der Waals surface area contributed by atoms with Crippen LogP contribution in [0, 0.1) is 0 Å². The van der Waals surface area contributed by atoms with Crippen molar-refractivity contribution in [1.29, 1.82) is 0 Å². The van der Waals surface area contributed by atoms with E-state index in [0.29, 0.717) is 30.0 Å². The molecule has 2 aliphatic rings. The number of aromatic nitrogens is 4. The van der Waals surface area contributed by atoms with Gasteiger partial charge in [-0.25, -0.2) is 39.1 Å². The zero-order chi connectivity index (χ0) is 30.8. The van der Waals surface area contributed by atoms with Crippen molar-refractivity contribution in [3.05, 3.63) is 90.6 Å². The Morgan fingerprint density at radius 3 is 2.16 bits per heavy atom. The number of likely N-dealkylation sites (tertiary alicyclic amines) is 1. The lowest BCUT2D eigenvalue weighted by atomic mass is 9.85. The molecule has 222 valence electrons. The molecule has 0 atom stereocenters. The van der Waals surface area contributed by atoms with E-state index in [0.717, 1.165) is 10.5 Å². The Balaban J connectivity index is 1.26. The fourth-order valence-electron chi connectivity index (χ4n) is 5.58. The number of imide groups is 1. The van der Waals surface area contributed by atoms with Gasteiger partial charge in [0.25, 0.3) is 5.91 Å². The molecule has 0 saturated carbocycles. The predicted octanol–water partition coefficient (Wildman–Crippen LogP) is 3.70. The summed E-state index contributed by atoms with van der Waals surface area (Å²) in [5.74, 6) is -1.41. The molecular weight excluding hydrogens is 570 g/mol. The molecular formula is C30H25N7O7. The fraction of sp³-hybridized carbons (Fsp3) is 0.200. The highest BCUT2D eigenvalue weighted by atomic mass is 16.7. The number of urea groups is 1. The molecule has 1 spiro atoms. The zero-order valence-electron chi connectivity index (χ0n) is 23.1. The van der Waals surface area contributed by atoms with Crippen LogP contribution in [0.4, 0.5) is 21.2 Å². The van der Waals surface area contributed by atoms with Crippen LogP contribution in [0.5, 0.6) is 5.88 Å². The Morgan fingerprint density at radius 1 is 0.841 bits per heavy atom. The maximum atomic E-state index is 14.2. The first-order valence-electron chi connectivity index (χ1n) is 13.6. The number of aromatic carboxylic acids is 1.